The minimum absolute atomic E-state index is 0.0667. The quantitative estimate of drug-likeness (QED) is 0.834. The summed E-state index contributed by atoms with van der Waals surface area (Å²) < 4.78 is 1.71. The summed E-state index contributed by atoms with van der Waals surface area (Å²) in [4.78, 5) is 23.9. The van der Waals surface area contributed by atoms with Gasteiger partial charge in [-0.1, -0.05) is 0 Å². The van der Waals surface area contributed by atoms with Gasteiger partial charge in [0.2, 0.25) is 5.95 Å². The molecule has 1 saturated heterocycles. The second-order valence-corrected chi connectivity index (χ2v) is 8.36. The van der Waals surface area contributed by atoms with E-state index in [2.05, 4.69) is 20.0 Å². The monoisotopic (exact) mass is 365 g/mol. The summed E-state index contributed by atoms with van der Waals surface area (Å²) in [7, 11) is 0. The predicted octanol–water partition coefficient (Wildman–Crippen LogP) is 2.71. The molecule has 5 rings (SSSR count). The zero-order chi connectivity index (χ0) is 18.2. The van der Waals surface area contributed by atoms with Crippen LogP contribution >= 0.6 is 0 Å². The van der Waals surface area contributed by atoms with E-state index in [1.807, 2.05) is 18.5 Å². The molecule has 27 heavy (non-hydrogen) atoms. The highest BCUT2D eigenvalue weighted by Crippen LogP contribution is 2.39. The van der Waals surface area contributed by atoms with Crippen molar-refractivity contribution >= 4 is 5.95 Å². The minimum Gasteiger partial charge on any atom is -0.341 e. The van der Waals surface area contributed by atoms with E-state index in [0.717, 1.165) is 57.0 Å². The van der Waals surface area contributed by atoms with Gasteiger partial charge in [-0.05, 0) is 74.3 Å². The molecule has 6 nitrogen and oxygen atoms in total. The van der Waals surface area contributed by atoms with Gasteiger partial charge in [0, 0.05) is 38.1 Å². The Hall–Kier alpha value is -2.24. The van der Waals surface area contributed by atoms with Crippen LogP contribution in [-0.4, -0.2) is 32.8 Å². The molecule has 2 aromatic rings. The highest BCUT2D eigenvalue weighted by Gasteiger charge is 2.26. The molecule has 0 aromatic carbocycles. The van der Waals surface area contributed by atoms with Gasteiger partial charge in [-0.3, -0.25) is 4.79 Å². The molecule has 0 unspecified atom stereocenters. The smallest absolute Gasteiger partial charge is 0.267 e. The van der Waals surface area contributed by atoms with Gasteiger partial charge >= 0.3 is 0 Å². The number of hydrogen-bond acceptors (Lipinski definition) is 5. The third-order valence-electron chi connectivity index (χ3n) is 6.31. The number of piperidine rings is 1. The van der Waals surface area contributed by atoms with Gasteiger partial charge in [0.05, 0.1) is 5.69 Å². The first-order valence-corrected chi connectivity index (χ1v) is 10.4. The second kappa shape index (κ2) is 7.06. The van der Waals surface area contributed by atoms with Crippen molar-refractivity contribution in [2.45, 2.75) is 63.8 Å². The Kier molecular flexibility index (Phi) is 4.42. The topological polar surface area (TPSA) is 63.9 Å². The van der Waals surface area contributed by atoms with Crippen LogP contribution in [0.1, 0.15) is 61.3 Å². The number of fused-ring (bicyclic) bond motifs is 1. The van der Waals surface area contributed by atoms with Crippen LogP contribution in [0.3, 0.4) is 0 Å². The first kappa shape index (κ1) is 16.9. The van der Waals surface area contributed by atoms with E-state index in [1.54, 1.807) is 4.68 Å². The normalized spacial score (nSPS) is 20.5. The maximum atomic E-state index is 12.4. The van der Waals surface area contributed by atoms with Gasteiger partial charge in [-0.15, -0.1) is 0 Å². The Bertz CT molecular complexity index is 863. The molecule has 2 aliphatic carbocycles. The van der Waals surface area contributed by atoms with E-state index in [-0.39, 0.29) is 5.56 Å². The summed E-state index contributed by atoms with van der Waals surface area (Å²) in [5.74, 6) is 2.05. The number of nitrogens with zero attached hydrogens (tertiary/aromatic N) is 5. The van der Waals surface area contributed by atoms with Crippen LogP contribution < -0.4 is 10.5 Å². The summed E-state index contributed by atoms with van der Waals surface area (Å²) in [6.45, 7) is 2.64. The molecule has 0 amide bonds. The van der Waals surface area contributed by atoms with Crippen LogP contribution in [0.15, 0.2) is 23.3 Å². The summed E-state index contributed by atoms with van der Waals surface area (Å²) in [6, 6.07) is 1.83. The third kappa shape index (κ3) is 3.62. The highest BCUT2D eigenvalue weighted by atomic mass is 16.1. The van der Waals surface area contributed by atoms with E-state index in [0.29, 0.717) is 11.8 Å². The van der Waals surface area contributed by atoms with E-state index in [1.165, 1.54) is 36.8 Å². The Morgan fingerprint density at radius 2 is 1.74 bits per heavy atom. The van der Waals surface area contributed by atoms with Gasteiger partial charge in [0.15, 0.2) is 0 Å². The van der Waals surface area contributed by atoms with Crippen molar-refractivity contribution in [3.8, 4) is 0 Å². The fraction of sp³-hybridized carbons (Fsp3) is 0.619. The van der Waals surface area contributed by atoms with Gasteiger partial charge in [0.1, 0.15) is 0 Å². The Morgan fingerprint density at radius 1 is 1.00 bits per heavy atom. The van der Waals surface area contributed by atoms with Crippen LogP contribution in [0.25, 0.3) is 0 Å². The van der Waals surface area contributed by atoms with Crippen LogP contribution in [0, 0.1) is 5.92 Å². The zero-order valence-electron chi connectivity index (χ0n) is 15.8. The van der Waals surface area contributed by atoms with E-state index in [4.69, 9.17) is 0 Å². The van der Waals surface area contributed by atoms with Crippen molar-refractivity contribution in [1.82, 2.24) is 19.7 Å². The number of hydrogen-bond donors (Lipinski definition) is 0. The molecule has 1 aliphatic heterocycles. The number of rotatable bonds is 4. The van der Waals surface area contributed by atoms with Crippen molar-refractivity contribution in [2.75, 3.05) is 18.0 Å². The average Bonchev–Trinajstić information content (AvgIpc) is 3.55. The molecule has 0 atom stereocenters. The van der Waals surface area contributed by atoms with Crippen molar-refractivity contribution < 1.29 is 0 Å². The van der Waals surface area contributed by atoms with Crippen molar-refractivity contribution in [3.63, 3.8) is 0 Å². The summed E-state index contributed by atoms with van der Waals surface area (Å²) in [6.07, 6.45) is 13.1. The molecule has 2 aromatic heterocycles. The van der Waals surface area contributed by atoms with E-state index < -0.39 is 0 Å². The Labute approximate surface area is 159 Å². The van der Waals surface area contributed by atoms with Crippen molar-refractivity contribution in [1.29, 1.82) is 0 Å². The molecule has 3 aliphatic rings. The second-order valence-electron chi connectivity index (χ2n) is 8.36. The minimum atomic E-state index is 0.0667. The SMILES string of the molecule is O=c1cc2c(nn1CC1CCN(c3ncc(C4CC4)cn3)CC1)CCCC2. The Morgan fingerprint density at radius 3 is 2.48 bits per heavy atom. The average molecular weight is 365 g/mol. The summed E-state index contributed by atoms with van der Waals surface area (Å²) >= 11 is 0. The molecule has 2 fully saturated rings. The van der Waals surface area contributed by atoms with Crippen LogP contribution in [0.4, 0.5) is 5.95 Å². The lowest BCUT2D eigenvalue weighted by atomic mass is 9.96. The molecule has 0 bridgehead atoms. The molecular formula is C21H27N5O. The molecule has 3 heterocycles. The third-order valence-corrected chi connectivity index (χ3v) is 6.31. The fourth-order valence-corrected chi connectivity index (χ4v) is 4.41. The lowest BCUT2D eigenvalue weighted by molar-refractivity contribution is 0.330. The number of anilines is 1. The van der Waals surface area contributed by atoms with E-state index in [9.17, 15) is 4.79 Å². The molecule has 1 saturated carbocycles. The molecule has 0 radical (unpaired) electrons. The van der Waals surface area contributed by atoms with Gasteiger partial charge < -0.3 is 4.90 Å². The fourth-order valence-electron chi connectivity index (χ4n) is 4.41. The van der Waals surface area contributed by atoms with Crippen LogP contribution in [0.2, 0.25) is 0 Å². The highest BCUT2D eigenvalue weighted by molar-refractivity contribution is 5.32. The molecule has 0 N–H and O–H groups in total. The maximum Gasteiger partial charge on any atom is 0.267 e. The maximum absolute atomic E-state index is 12.4. The zero-order valence-corrected chi connectivity index (χ0v) is 15.8. The van der Waals surface area contributed by atoms with E-state index >= 15 is 0 Å². The first-order valence-electron chi connectivity index (χ1n) is 10.4. The Balaban J connectivity index is 1.21. The molecule has 142 valence electrons. The van der Waals surface area contributed by atoms with Crippen molar-refractivity contribution in [2.24, 2.45) is 5.92 Å². The molecule has 6 heteroatoms. The van der Waals surface area contributed by atoms with Gasteiger partial charge in [-0.2, -0.15) is 5.10 Å². The lowest BCUT2D eigenvalue weighted by Crippen LogP contribution is -2.38. The number of aryl methyl sites for hydroxylation is 2. The van der Waals surface area contributed by atoms with Crippen molar-refractivity contribution in [3.05, 3.63) is 45.6 Å². The van der Waals surface area contributed by atoms with Crippen LogP contribution in [-0.2, 0) is 19.4 Å². The summed E-state index contributed by atoms with van der Waals surface area (Å²) in [5, 5.41) is 4.68. The lowest BCUT2D eigenvalue weighted by Gasteiger charge is -2.32. The first-order chi connectivity index (χ1) is 13.3. The van der Waals surface area contributed by atoms with Gasteiger partial charge in [0.25, 0.3) is 5.56 Å². The molecular weight excluding hydrogens is 338 g/mol. The van der Waals surface area contributed by atoms with Gasteiger partial charge in [-0.25, -0.2) is 14.6 Å². The number of aromatic nitrogens is 4. The molecule has 0 spiro atoms. The predicted molar refractivity (Wildman–Crippen MR) is 104 cm³/mol. The van der Waals surface area contributed by atoms with Crippen LogP contribution in [0.5, 0.6) is 0 Å². The summed E-state index contributed by atoms with van der Waals surface area (Å²) in [5.41, 5.74) is 3.66. The largest absolute Gasteiger partial charge is 0.341 e. The standard InChI is InChI=1S/C21H27N5O/c27-20-11-17-3-1-2-4-19(17)24-26(20)14-15-7-9-25(10-8-15)21-22-12-18(13-23-21)16-5-6-16/h11-13,15-16H,1-10,14H2.